The molecule has 0 aromatic rings. The summed E-state index contributed by atoms with van der Waals surface area (Å²) in [5, 5.41) is 12.2. The molecule has 0 radical (unpaired) electrons. The third kappa shape index (κ3) is 5.30. The largest absolute Gasteiger partial charge is 0.481 e. The summed E-state index contributed by atoms with van der Waals surface area (Å²) in [6.07, 6.45) is 8.09. The maximum absolute atomic E-state index is 11.9. The van der Waals surface area contributed by atoms with Crippen molar-refractivity contribution < 1.29 is 19.4 Å². The smallest absolute Gasteiger partial charge is 0.308 e. The van der Waals surface area contributed by atoms with Gasteiger partial charge in [0.2, 0.25) is 5.91 Å². The molecule has 0 aromatic carbocycles. The zero-order valence-corrected chi connectivity index (χ0v) is 12.7. The number of carboxylic acid groups (broad SMARTS) is 1. The Labute approximate surface area is 126 Å². The molecule has 0 spiro atoms. The minimum atomic E-state index is -0.807. The van der Waals surface area contributed by atoms with E-state index in [-0.39, 0.29) is 18.4 Å². The van der Waals surface area contributed by atoms with Gasteiger partial charge in [-0.2, -0.15) is 0 Å². The first kappa shape index (κ1) is 16.3. The van der Waals surface area contributed by atoms with Crippen molar-refractivity contribution in [3.63, 3.8) is 0 Å². The second kappa shape index (κ2) is 8.37. The van der Waals surface area contributed by atoms with E-state index in [1.807, 2.05) is 0 Å². The Morgan fingerprint density at radius 2 is 1.81 bits per heavy atom. The van der Waals surface area contributed by atoms with Crippen molar-refractivity contribution in [2.75, 3.05) is 19.8 Å². The molecule has 120 valence electrons. The molecule has 1 atom stereocenters. The number of aliphatic carboxylic acids is 1. The highest BCUT2D eigenvalue weighted by molar-refractivity contribution is 5.77. The van der Waals surface area contributed by atoms with E-state index in [0.717, 1.165) is 19.3 Å². The lowest BCUT2D eigenvalue weighted by atomic mass is 9.86. The highest BCUT2D eigenvalue weighted by Gasteiger charge is 2.30. The van der Waals surface area contributed by atoms with Gasteiger partial charge in [-0.1, -0.05) is 25.7 Å². The van der Waals surface area contributed by atoms with Crippen molar-refractivity contribution in [2.45, 2.75) is 51.4 Å². The topological polar surface area (TPSA) is 75.6 Å². The van der Waals surface area contributed by atoms with Crippen LogP contribution >= 0.6 is 0 Å². The van der Waals surface area contributed by atoms with Gasteiger partial charge in [0.25, 0.3) is 0 Å². The highest BCUT2D eigenvalue weighted by atomic mass is 16.5. The zero-order chi connectivity index (χ0) is 15.1. The minimum absolute atomic E-state index is 0.000194. The molecule has 1 unspecified atom stereocenters. The maximum atomic E-state index is 11.9. The molecule has 1 amide bonds. The molecular weight excluding hydrogens is 270 g/mol. The molecule has 1 saturated carbocycles. The van der Waals surface area contributed by atoms with Gasteiger partial charge in [-0.25, -0.2) is 0 Å². The van der Waals surface area contributed by atoms with E-state index in [1.165, 1.54) is 25.7 Å². The number of carboxylic acids is 1. The van der Waals surface area contributed by atoms with Crippen molar-refractivity contribution in [2.24, 2.45) is 17.8 Å². The lowest BCUT2D eigenvalue weighted by Crippen LogP contribution is -2.39. The van der Waals surface area contributed by atoms with Crippen LogP contribution in [0, 0.1) is 17.8 Å². The van der Waals surface area contributed by atoms with Crippen LogP contribution in [0.3, 0.4) is 0 Å². The Morgan fingerprint density at radius 1 is 1.14 bits per heavy atom. The second-order valence-corrected chi connectivity index (χ2v) is 6.39. The molecule has 5 heteroatoms. The first-order chi connectivity index (χ1) is 10.2. The Bertz CT molecular complexity index is 346. The third-order valence-electron chi connectivity index (χ3n) is 4.93. The van der Waals surface area contributed by atoms with Gasteiger partial charge in [-0.3, -0.25) is 9.59 Å². The summed E-state index contributed by atoms with van der Waals surface area (Å²) in [5.41, 5.74) is 0. The number of carbonyl (C=O) groups is 2. The van der Waals surface area contributed by atoms with Crippen LogP contribution in [0.4, 0.5) is 0 Å². The molecule has 1 heterocycles. The van der Waals surface area contributed by atoms with E-state index >= 15 is 0 Å². The fraction of sp³-hybridized carbons (Fsp3) is 0.875. The molecule has 1 saturated heterocycles. The van der Waals surface area contributed by atoms with E-state index in [1.54, 1.807) is 0 Å². The van der Waals surface area contributed by atoms with Gasteiger partial charge in [0.1, 0.15) is 0 Å². The molecule has 2 rings (SSSR count). The predicted octanol–water partition coefficient (Wildman–Crippen LogP) is 2.20. The summed E-state index contributed by atoms with van der Waals surface area (Å²) in [7, 11) is 0. The monoisotopic (exact) mass is 297 g/mol. The molecule has 1 aliphatic carbocycles. The van der Waals surface area contributed by atoms with Crippen molar-refractivity contribution in [3.8, 4) is 0 Å². The molecule has 1 aliphatic heterocycles. The lowest BCUT2D eigenvalue weighted by Gasteiger charge is -2.27. The first-order valence-electron chi connectivity index (χ1n) is 8.24. The van der Waals surface area contributed by atoms with Gasteiger partial charge in [-0.15, -0.1) is 0 Å². The van der Waals surface area contributed by atoms with Crippen LogP contribution in [0.1, 0.15) is 51.4 Å². The van der Waals surface area contributed by atoms with Crippen LogP contribution in [0.5, 0.6) is 0 Å². The number of rotatable bonds is 7. The van der Waals surface area contributed by atoms with Crippen LogP contribution in [0.2, 0.25) is 0 Å². The molecular formula is C16H27NO4. The summed E-state index contributed by atoms with van der Waals surface area (Å²) >= 11 is 0. The fourth-order valence-corrected chi connectivity index (χ4v) is 3.52. The van der Waals surface area contributed by atoms with E-state index in [0.29, 0.717) is 25.6 Å². The fourth-order valence-electron chi connectivity index (χ4n) is 3.52. The standard InChI is InChI=1S/C16H27NO4/c18-15(6-5-12-3-1-2-4-12)17-11-14(16(19)20)13-7-9-21-10-8-13/h12-14H,1-11H2,(H,17,18)(H,19,20). The van der Waals surface area contributed by atoms with E-state index in [9.17, 15) is 14.7 Å². The van der Waals surface area contributed by atoms with Crippen molar-refractivity contribution >= 4 is 11.9 Å². The highest BCUT2D eigenvalue weighted by Crippen LogP contribution is 2.28. The molecule has 5 nitrogen and oxygen atoms in total. The molecule has 2 fully saturated rings. The number of nitrogens with one attached hydrogen (secondary N) is 1. The van der Waals surface area contributed by atoms with E-state index in [4.69, 9.17) is 4.74 Å². The summed E-state index contributed by atoms with van der Waals surface area (Å²) in [5.74, 6) is -0.476. The zero-order valence-electron chi connectivity index (χ0n) is 12.7. The maximum Gasteiger partial charge on any atom is 0.308 e. The quantitative estimate of drug-likeness (QED) is 0.755. The van der Waals surface area contributed by atoms with Gasteiger partial charge < -0.3 is 15.2 Å². The minimum Gasteiger partial charge on any atom is -0.481 e. The van der Waals surface area contributed by atoms with Crippen LogP contribution in [-0.2, 0) is 14.3 Å². The van der Waals surface area contributed by atoms with Gasteiger partial charge in [0, 0.05) is 26.2 Å². The Hall–Kier alpha value is -1.10. The Kier molecular flexibility index (Phi) is 6.49. The van der Waals surface area contributed by atoms with Crippen molar-refractivity contribution in [1.29, 1.82) is 0 Å². The number of ether oxygens (including phenoxy) is 1. The molecule has 0 aromatic heterocycles. The van der Waals surface area contributed by atoms with Gasteiger partial charge in [0.05, 0.1) is 5.92 Å². The second-order valence-electron chi connectivity index (χ2n) is 6.39. The van der Waals surface area contributed by atoms with Crippen LogP contribution < -0.4 is 5.32 Å². The lowest BCUT2D eigenvalue weighted by molar-refractivity contribution is -0.145. The van der Waals surface area contributed by atoms with Gasteiger partial charge in [-0.05, 0) is 31.1 Å². The summed E-state index contributed by atoms with van der Waals surface area (Å²) < 4.78 is 5.27. The summed E-state index contributed by atoms with van der Waals surface area (Å²) in [4.78, 5) is 23.3. The number of hydrogen-bond acceptors (Lipinski definition) is 3. The average molecular weight is 297 g/mol. The Balaban J connectivity index is 1.70. The van der Waals surface area contributed by atoms with Crippen molar-refractivity contribution in [3.05, 3.63) is 0 Å². The SMILES string of the molecule is O=C(CCC1CCCC1)NCC(C(=O)O)C1CCOCC1. The summed E-state index contributed by atoms with van der Waals surface area (Å²) in [6.45, 7) is 1.51. The van der Waals surface area contributed by atoms with Crippen molar-refractivity contribution in [1.82, 2.24) is 5.32 Å². The number of hydrogen-bond donors (Lipinski definition) is 2. The van der Waals surface area contributed by atoms with Crippen LogP contribution in [-0.4, -0.2) is 36.7 Å². The number of amides is 1. The summed E-state index contributed by atoms with van der Waals surface area (Å²) in [6, 6.07) is 0. The molecule has 21 heavy (non-hydrogen) atoms. The third-order valence-corrected chi connectivity index (χ3v) is 4.93. The number of carbonyl (C=O) groups excluding carboxylic acids is 1. The molecule has 2 N–H and O–H groups in total. The molecule has 2 aliphatic rings. The molecule has 0 bridgehead atoms. The Morgan fingerprint density at radius 3 is 2.43 bits per heavy atom. The van der Waals surface area contributed by atoms with Gasteiger partial charge >= 0.3 is 5.97 Å². The van der Waals surface area contributed by atoms with Crippen LogP contribution in [0.15, 0.2) is 0 Å². The average Bonchev–Trinajstić information content (AvgIpc) is 2.99. The van der Waals surface area contributed by atoms with Crippen LogP contribution in [0.25, 0.3) is 0 Å². The van der Waals surface area contributed by atoms with E-state index in [2.05, 4.69) is 5.32 Å². The van der Waals surface area contributed by atoms with Gasteiger partial charge in [0.15, 0.2) is 0 Å². The predicted molar refractivity (Wildman–Crippen MR) is 78.9 cm³/mol. The first-order valence-corrected chi connectivity index (χ1v) is 8.24. The van der Waals surface area contributed by atoms with E-state index < -0.39 is 11.9 Å². The normalized spacial score (nSPS) is 22.1.